The third-order valence-electron chi connectivity index (χ3n) is 2.75. The van der Waals surface area contributed by atoms with Crippen molar-refractivity contribution in [3.05, 3.63) is 35.9 Å². The maximum absolute atomic E-state index is 11.7. The quantitative estimate of drug-likeness (QED) is 0.875. The number of nitrogens with zero attached hydrogens (tertiary/aromatic N) is 2. The van der Waals surface area contributed by atoms with E-state index in [1.54, 1.807) is 0 Å². The lowest BCUT2D eigenvalue weighted by molar-refractivity contribution is -0.140. The van der Waals surface area contributed by atoms with E-state index in [9.17, 15) is 9.59 Å². The Labute approximate surface area is 105 Å². The van der Waals surface area contributed by atoms with Gasteiger partial charge in [0.05, 0.1) is 18.7 Å². The van der Waals surface area contributed by atoms with E-state index in [1.807, 2.05) is 30.3 Å². The molecule has 0 aromatic heterocycles. The zero-order chi connectivity index (χ0) is 13.0. The van der Waals surface area contributed by atoms with E-state index in [0.29, 0.717) is 13.0 Å². The number of carboxylic acid groups (broad SMARTS) is 1. The van der Waals surface area contributed by atoms with Gasteiger partial charge in [-0.2, -0.15) is 5.10 Å². The normalized spacial score (nSPS) is 14.4. The summed E-state index contributed by atoms with van der Waals surface area (Å²) in [6.07, 6.45) is 0.565. The van der Waals surface area contributed by atoms with Crippen molar-refractivity contribution in [2.45, 2.75) is 19.3 Å². The highest BCUT2D eigenvalue weighted by molar-refractivity contribution is 6.02. The lowest BCUT2D eigenvalue weighted by atomic mass is 10.1. The van der Waals surface area contributed by atoms with E-state index < -0.39 is 5.97 Å². The van der Waals surface area contributed by atoms with E-state index in [-0.39, 0.29) is 18.7 Å². The molecule has 0 fully saturated rings. The van der Waals surface area contributed by atoms with Crippen LogP contribution in [0.2, 0.25) is 0 Å². The van der Waals surface area contributed by atoms with Crippen LogP contribution in [0.3, 0.4) is 0 Å². The molecule has 18 heavy (non-hydrogen) atoms. The number of carbonyl (C=O) groups is 2. The van der Waals surface area contributed by atoms with Crippen LogP contribution in [0.25, 0.3) is 0 Å². The minimum atomic E-state index is -0.963. The molecule has 0 saturated carbocycles. The van der Waals surface area contributed by atoms with Crippen LogP contribution in [0.1, 0.15) is 24.8 Å². The van der Waals surface area contributed by atoms with E-state index in [2.05, 4.69) is 5.10 Å². The topological polar surface area (TPSA) is 70.0 Å². The number of hydrogen-bond acceptors (Lipinski definition) is 3. The third kappa shape index (κ3) is 2.94. The first kappa shape index (κ1) is 12.3. The zero-order valence-electron chi connectivity index (χ0n) is 9.87. The highest BCUT2D eigenvalue weighted by atomic mass is 16.4. The van der Waals surface area contributed by atoms with Gasteiger partial charge in [-0.05, 0) is 5.56 Å². The SMILES string of the molecule is O=C(O)CCC(=O)N1CCC(c2ccccc2)=N1. The zero-order valence-corrected chi connectivity index (χ0v) is 9.87. The fourth-order valence-corrected chi connectivity index (χ4v) is 1.81. The highest BCUT2D eigenvalue weighted by Gasteiger charge is 2.21. The van der Waals surface area contributed by atoms with Crippen LogP contribution in [0.5, 0.6) is 0 Å². The molecule has 5 heteroatoms. The van der Waals surface area contributed by atoms with Crippen LogP contribution in [-0.4, -0.2) is 34.2 Å². The lowest BCUT2D eigenvalue weighted by Gasteiger charge is -2.09. The molecule has 0 radical (unpaired) electrons. The Bertz CT molecular complexity index is 482. The Morgan fingerprint density at radius 1 is 1.22 bits per heavy atom. The van der Waals surface area contributed by atoms with Gasteiger partial charge >= 0.3 is 5.97 Å². The summed E-state index contributed by atoms with van der Waals surface area (Å²) in [5, 5.41) is 14.1. The van der Waals surface area contributed by atoms with Crippen molar-refractivity contribution in [1.29, 1.82) is 0 Å². The molecule has 1 amide bonds. The van der Waals surface area contributed by atoms with E-state index in [1.165, 1.54) is 5.01 Å². The molecule has 1 aromatic rings. The summed E-state index contributed by atoms with van der Waals surface area (Å²) in [4.78, 5) is 22.1. The molecule has 0 saturated heterocycles. The number of carbonyl (C=O) groups excluding carboxylic acids is 1. The van der Waals surface area contributed by atoms with Gasteiger partial charge in [-0.1, -0.05) is 30.3 Å². The molecule has 1 aliphatic rings. The molecule has 0 bridgehead atoms. The molecule has 5 nitrogen and oxygen atoms in total. The molecule has 2 rings (SSSR count). The first-order valence-electron chi connectivity index (χ1n) is 5.82. The van der Waals surface area contributed by atoms with Crippen molar-refractivity contribution in [1.82, 2.24) is 5.01 Å². The number of carboxylic acids is 1. The van der Waals surface area contributed by atoms with E-state index in [0.717, 1.165) is 11.3 Å². The number of rotatable bonds is 4. The van der Waals surface area contributed by atoms with Crippen LogP contribution >= 0.6 is 0 Å². The van der Waals surface area contributed by atoms with Gasteiger partial charge < -0.3 is 5.11 Å². The number of benzene rings is 1. The average molecular weight is 246 g/mol. The van der Waals surface area contributed by atoms with Crippen molar-refractivity contribution in [3.8, 4) is 0 Å². The second-order valence-electron chi connectivity index (χ2n) is 4.07. The van der Waals surface area contributed by atoms with Gasteiger partial charge in [-0.15, -0.1) is 0 Å². The number of aliphatic carboxylic acids is 1. The van der Waals surface area contributed by atoms with Crippen LogP contribution in [-0.2, 0) is 9.59 Å². The number of hydrazone groups is 1. The molecule has 0 unspecified atom stereocenters. The van der Waals surface area contributed by atoms with Gasteiger partial charge in [0.15, 0.2) is 0 Å². The maximum Gasteiger partial charge on any atom is 0.303 e. The molecule has 1 heterocycles. The van der Waals surface area contributed by atoms with Gasteiger partial charge in [0, 0.05) is 12.8 Å². The largest absolute Gasteiger partial charge is 0.481 e. The van der Waals surface area contributed by atoms with Crippen molar-refractivity contribution in [3.63, 3.8) is 0 Å². The Morgan fingerprint density at radius 2 is 1.94 bits per heavy atom. The Morgan fingerprint density at radius 3 is 2.61 bits per heavy atom. The van der Waals surface area contributed by atoms with Gasteiger partial charge in [0.1, 0.15) is 0 Å². The predicted molar refractivity (Wildman–Crippen MR) is 66.2 cm³/mol. The van der Waals surface area contributed by atoms with Crippen LogP contribution < -0.4 is 0 Å². The smallest absolute Gasteiger partial charge is 0.303 e. The highest BCUT2D eigenvalue weighted by Crippen LogP contribution is 2.14. The van der Waals surface area contributed by atoms with Crippen molar-refractivity contribution in [2.24, 2.45) is 5.10 Å². The molecule has 0 spiro atoms. The second kappa shape index (κ2) is 5.44. The maximum atomic E-state index is 11.7. The molecular weight excluding hydrogens is 232 g/mol. The Balaban J connectivity index is 2.00. The molecule has 1 aliphatic heterocycles. The summed E-state index contributed by atoms with van der Waals surface area (Å²) in [7, 11) is 0. The predicted octanol–water partition coefficient (Wildman–Crippen LogP) is 1.49. The van der Waals surface area contributed by atoms with Gasteiger partial charge in [0.2, 0.25) is 5.91 Å². The summed E-state index contributed by atoms with van der Waals surface area (Å²) in [5.41, 5.74) is 1.88. The van der Waals surface area contributed by atoms with Gasteiger partial charge in [-0.3, -0.25) is 9.59 Å². The van der Waals surface area contributed by atoms with Crippen molar-refractivity contribution < 1.29 is 14.7 Å². The number of hydrogen-bond donors (Lipinski definition) is 1. The molecule has 0 aliphatic carbocycles. The number of amides is 1. The fourth-order valence-electron chi connectivity index (χ4n) is 1.81. The summed E-state index contributed by atoms with van der Waals surface area (Å²) in [6.45, 7) is 0.530. The van der Waals surface area contributed by atoms with Crippen molar-refractivity contribution in [2.75, 3.05) is 6.54 Å². The lowest BCUT2D eigenvalue weighted by Crippen LogP contribution is -2.23. The molecule has 1 aromatic carbocycles. The average Bonchev–Trinajstić information content (AvgIpc) is 2.86. The van der Waals surface area contributed by atoms with Crippen LogP contribution in [0, 0.1) is 0 Å². The Kier molecular flexibility index (Phi) is 3.72. The monoisotopic (exact) mass is 246 g/mol. The summed E-state index contributed by atoms with van der Waals surface area (Å²) in [5.74, 6) is -1.20. The summed E-state index contributed by atoms with van der Waals surface area (Å²) >= 11 is 0. The van der Waals surface area contributed by atoms with Gasteiger partial charge in [0.25, 0.3) is 0 Å². The van der Waals surface area contributed by atoms with Gasteiger partial charge in [-0.25, -0.2) is 5.01 Å². The van der Waals surface area contributed by atoms with E-state index >= 15 is 0 Å². The fraction of sp³-hybridized carbons (Fsp3) is 0.308. The standard InChI is InChI=1S/C13H14N2O3/c16-12(6-7-13(17)18)15-9-8-11(14-15)10-4-2-1-3-5-10/h1-5H,6-9H2,(H,17,18). The first-order valence-corrected chi connectivity index (χ1v) is 5.82. The van der Waals surface area contributed by atoms with E-state index in [4.69, 9.17) is 5.11 Å². The first-order chi connectivity index (χ1) is 8.66. The van der Waals surface area contributed by atoms with Crippen molar-refractivity contribution >= 4 is 17.6 Å². The third-order valence-corrected chi connectivity index (χ3v) is 2.75. The second-order valence-corrected chi connectivity index (χ2v) is 4.07. The molecule has 94 valence electrons. The molecular formula is C13H14N2O3. The molecule has 0 atom stereocenters. The minimum Gasteiger partial charge on any atom is -0.481 e. The van der Waals surface area contributed by atoms with Crippen LogP contribution in [0.4, 0.5) is 0 Å². The summed E-state index contributed by atoms with van der Waals surface area (Å²) < 4.78 is 0. The summed E-state index contributed by atoms with van der Waals surface area (Å²) in [6, 6.07) is 9.67. The van der Waals surface area contributed by atoms with Crippen LogP contribution in [0.15, 0.2) is 35.4 Å². The molecule has 1 N–H and O–H groups in total. The Hall–Kier alpha value is -2.17. The minimum absolute atomic E-state index is 0.000896.